The number of aliphatic hydroxyl groups is 1. The minimum absolute atomic E-state index is 0.0313. The van der Waals surface area contributed by atoms with E-state index < -0.39 is 6.10 Å². The zero-order chi connectivity index (χ0) is 17.8. The topological polar surface area (TPSA) is 89.2 Å². The fraction of sp³-hybridized carbons (Fsp3) is 0.833. The lowest BCUT2D eigenvalue weighted by molar-refractivity contribution is -0.137. The van der Waals surface area contributed by atoms with Crippen molar-refractivity contribution in [1.29, 1.82) is 0 Å². The normalized spacial score (nSPS) is 30.9. The van der Waals surface area contributed by atoms with E-state index in [1.165, 1.54) is 23.9 Å². The van der Waals surface area contributed by atoms with E-state index in [0.717, 1.165) is 25.1 Å². The third-order valence-corrected chi connectivity index (χ3v) is 6.86. The molecule has 2 N–H and O–H groups in total. The Labute approximate surface area is 147 Å². The summed E-state index contributed by atoms with van der Waals surface area (Å²) in [5.41, 5.74) is 0.361. The molecule has 138 valence electrons. The number of hydrogen-bond donors (Lipinski definition) is 2. The number of nitrogens with zero attached hydrogens (tertiary/aromatic N) is 3. The molecule has 3 atom stereocenters. The molecule has 1 heterocycles. The monoisotopic (exact) mass is 348 g/mol. The van der Waals surface area contributed by atoms with Gasteiger partial charge in [-0.3, -0.25) is 9.36 Å². The fourth-order valence-corrected chi connectivity index (χ4v) is 5.10. The van der Waals surface area contributed by atoms with Crippen LogP contribution in [0.3, 0.4) is 0 Å². The molecule has 3 aliphatic rings. The van der Waals surface area contributed by atoms with Gasteiger partial charge in [-0.2, -0.15) is 5.10 Å². The molecule has 25 heavy (non-hydrogen) atoms. The van der Waals surface area contributed by atoms with Gasteiger partial charge in [-0.1, -0.05) is 6.42 Å². The maximum absolute atomic E-state index is 12.3. The summed E-state index contributed by atoms with van der Waals surface area (Å²) < 4.78 is 2.90. The lowest BCUT2D eigenvalue weighted by Gasteiger charge is -2.53. The third-order valence-electron chi connectivity index (χ3n) is 6.86. The second-order valence-electron chi connectivity index (χ2n) is 8.52. The summed E-state index contributed by atoms with van der Waals surface area (Å²) in [5, 5.41) is 17.7. The number of hydrogen-bond acceptors (Lipinski definition) is 4. The van der Waals surface area contributed by atoms with Crippen molar-refractivity contribution in [3.63, 3.8) is 0 Å². The molecule has 1 aromatic heterocycles. The van der Waals surface area contributed by atoms with Gasteiger partial charge in [0.15, 0.2) is 0 Å². The van der Waals surface area contributed by atoms with Crippen LogP contribution in [0, 0.1) is 17.3 Å². The van der Waals surface area contributed by atoms with Crippen LogP contribution in [0.15, 0.2) is 4.79 Å². The molecule has 3 fully saturated rings. The number of aryl methyl sites for hydroxylation is 1. The zero-order valence-corrected chi connectivity index (χ0v) is 15.1. The first-order valence-corrected chi connectivity index (χ1v) is 9.44. The summed E-state index contributed by atoms with van der Waals surface area (Å²) in [6, 6.07) is 0. The van der Waals surface area contributed by atoms with E-state index in [1.807, 2.05) is 0 Å². The number of nitrogens with one attached hydrogen (secondary N) is 1. The predicted molar refractivity (Wildman–Crippen MR) is 91.9 cm³/mol. The molecule has 0 bridgehead atoms. The van der Waals surface area contributed by atoms with Crippen LogP contribution in [-0.4, -0.2) is 38.0 Å². The Bertz CT molecular complexity index is 725. The van der Waals surface area contributed by atoms with Gasteiger partial charge in [0.1, 0.15) is 5.82 Å². The summed E-state index contributed by atoms with van der Waals surface area (Å²) in [6.07, 6.45) is 6.89. The van der Waals surface area contributed by atoms with E-state index in [9.17, 15) is 14.7 Å². The Morgan fingerprint density at radius 1 is 1.32 bits per heavy atom. The molecule has 7 heteroatoms. The van der Waals surface area contributed by atoms with Gasteiger partial charge in [0, 0.05) is 38.4 Å². The molecule has 0 unspecified atom stereocenters. The molecular weight excluding hydrogens is 320 g/mol. The SMILES string of the molecule is Cn1nc([C@H]2C[C@H](CNC(=O)C3CC4(CCC4)C3)[C@H](O)C2)n(C)c1=O. The Morgan fingerprint density at radius 2 is 2.04 bits per heavy atom. The lowest BCUT2D eigenvalue weighted by atomic mass is 9.51. The number of aliphatic hydroxyl groups excluding tert-OH is 1. The number of carbonyl (C=O) groups is 1. The summed E-state index contributed by atoms with van der Waals surface area (Å²) in [5.74, 6) is 1.15. The van der Waals surface area contributed by atoms with E-state index in [2.05, 4.69) is 10.4 Å². The molecule has 3 saturated carbocycles. The lowest BCUT2D eigenvalue weighted by Crippen LogP contribution is -2.49. The first-order chi connectivity index (χ1) is 11.9. The number of amides is 1. The number of aromatic nitrogens is 3. The van der Waals surface area contributed by atoms with Gasteiger partial charge in [0.25, 0.3) is 0 Å². The van der Waals surface area contributed by atoms with Crippen molar-refractivity contribution in [2.24, 2.45) is 31.3 Å². The molecule has 3 aliphatic carbocycles. The molecule has 0 aromatic carbocycles. The van der Waals surface area contributed by atoms with Crippen LogP contribution in [0.4, 0.5) is 0 Å². The minimum atomic E-state index is -0.457. The van der Waals surface area contributed by atoms with Crippen molar-refractivity contribution in [3.05, 3.63) is 16.3 Å². The van der Waals surface area contributed by atoms with Crippen molar-refractivity contribution in [3.8, 4) is 0 Å². The second-order valence-corrected chi connectivity index (χ2v) is 8.52. The van der Waals surface area contributed by atoms with Crippen LogP contribution in [0.1, 0.15) is 56.7 Å². The van der Waals surface area contributed by atoms with Crippen molar-refractivity contribution in [2.45, 2.75) is 57.0 Å². The molecule has 1 aromatic rings. The molecule has 0 aliphatic heterocycles. The average Bonchev–Trinajstić information content (AvgIpc) is 2.97. The van der Waals surface area contributed by atoms with Gasteiger partial charge in [-0.05, 0) is 43.9 Å². The molecule has 0 saturated heterocycles. The summed E-state index contributed by atoms with van der Waals surface area (Å²) in [7, 11) is 3.36. The summed E-state index contributed by atoms with van der Waals surface area (Å²) in [4.78, 5) is 24.2. The Morgan fingerprint density at radius 3 is 2.60 bits per heavy atom. The smallest absolute Gasteiger partial charge is 0.345 e. The number of rotatable bonds is 4. The maximum atomic E-state index is 12.3. The largest absolute Gasteiger partial charge is 0.393 e. The third kappa shape index (κ3) is 2.82. The molecule has 1 amide bonds. The van der Waals surface area contributed by atoms with Crippen LogP contribution < -0.4 is 11.0 Å². The van der Waals surface area contributed by atoms with Gasteiger partial charge in [-0.15, -0.1) is 0 Å². The molecule has 7 nitrogen and oxygen atoms in total. The van der Waals surface area contributed by atoms with Crippen molar-refractivity contribution < 1.29 is 9.90 Å². The van der Waals surface area contributed by atoms with Gasteiger partial charge in [-0.25, -0.2) is 9.48 Å². The molecule has 4 rings (SSSR count). The summed E-state index contributed by atoms with van der Waals surface area (Å²) in [6.45, 7) is 0.515. The minimum Gasteiger partial charge on any atom is -0.393 e. The van der Waals surface area contributed by atoms with Gasteiger partial charge >= 0.3 is 5.69 Å². The molecule has 0 radical (unpaired) electrons. The maximum Gasteiger partial charge on any atom is 0.345 e. The molecule has 1 spiro atoms. The Kier molecular flexibility index (Phi) is 4.02. The first kappa shape index (κ1) is 16.8. The van der Waals surface area contributed by atoms with Crippen molar-refractivity contribution in [1.82, 2.24) is 19.7 Å². The fourth-order valence-electron chi connectivity index (χ4n) is 5.10. The van der Waals surface area contributed by atoms with Crippen molar-refractivity contribution in [2.75, 3.05) is 6.54 Å². The number of carbonyl (C=O) groups excluding carboxylic acids is 1. The van der Waals surface area contributed by atoms with Crippen LogP contribution in [0.25, 0.3) is 0 Å². The average molecular weight is 348 g/mol. The zero-order valence-electron chi connectivity index (χ0n) is 15.1. The first-order valence-electron chi connectivity index (χ1n) is 9.44. The van der Waals surface area contributed by atoms with E-state index in [1.54, 1.807) is 18.7 Å². The predicted octanol–water partition coefficient (Wildman–Crippen LogP) is 0.670. The Balaban J connectivity index is 1.30. The highest BCUT2D eigenvalue weighted by molar-refractivity contribution is 5.79. The summed E-state index contributed by atoms with van der Waals surface area (Å²) >= 11 is 0. The highest BCUT2D eigenvalue weighted by Gasteiger charge is 2.50. The highest BCUT2D eigenvalue weighted by atomic mass is 16.3. The van der Waals surface area contributed by atoms with Gasteiger partial charge in [0.2, 0.25) is 5.91 Å². The Hall–Kier alpha value is -1.63. The second kappa shape index (κ2) is 5.97. The van der Waals surface area contributed by atoms with E-state index in [0.29, 0.717) is 18.4 Å². The van der Waals surface area contributed by atoms with Crippen LogP contribution in [-0.2, 0) is 18.9 Å². The van der Waals surface area contributed by atoms with Gasteiger partial charge < -0.3 is 10.4 Å². The molecular formula is C18H28N4O3. The highest BCUT2D eigenvalue weighted by Crippen LogP contribution is 2.58. The van der Waals surface area contributed by atoms with E-state index >= 15 is 0 Å². The van der Waals surface area contributed by atoms with E-state index in [-0.39, 0.29) is 29.4 Å². The quantitative estimate of drug-likeness (QED) is 0.837. The van der Waals surface area contributed by atoms with E-state index in [4.69, 9.17) is 0 Å². The van der Waals surface area contributed by atoms with Crippen molar-refractivity contribution >= 4 is 5.91 Å². The van der Waals surface area contributed by atoms with Crippen LogP contribution in [0.2, 0.25) is 0 Å². The van der Waals surface area contributed by atoms with Crippen LogP contribution in [0.5, 0.6) is 0 Å². The van der Waals surface area contributed by atoms with Gasteiger partial charge in [0.05, 0.1) is 6.10 Å². The van der Waals surface area contributed by atoms with Crippen LogP contribution >= 0.6 is 0 Å². The standard InChI is InChI=1S/C18H28N4O3/c1-21-15(20-22(2)17(21)25)11-6-12(14(23)7-11)10-19-16(24)13-8-18(9-13)4-3-5-18/h11-14,23H,3-10H2,1-2H3,(H,19,24)/t11-,12+,14+/m0/s1.